The Morgan fingerprint density at radius 2 is 1.68 bits per heavy atom. The molecule has 25 heavy (non-hydrogen) atoms. The van der Waals surface area contributed by atoms with Gasteiger partial charge >= 0.3 is 0 Å². The highest BCUT2D eigenvalue weighted by atomic mass is 32.2. The maximum absolute atomic E-state index is 11.7. The molecule has 0 spiro atoms. The molecule has 2 aromatic heterocycles. The molecule has 0 aliphatic carbocycles. The standard InChI is InChI=1S/C16H22N6O2S/c1-11-10-12(2)20-16(19-11)21-15-14(17-6-7-18-15)13-4-8-22(9-5-13)25(3,23)24/h6-7,10,13H,4-5,8-9H2,1-3H3,(H,18,19,20,21). The van der Waals surface area contributed by atoms with Gasteiger partial charge in [0, 0.05) is 42.8 Å². The number of hydrogen-bond donors (Lipinski definition) is 1. The van der Waals surface area contributed by atoms with Gasteiger partial charge in [0.05, 0.1) is 11.9 Å². The highest BCUT2D eigenvalue weighted by Crippen LogP contribution is 2.31. The van der Waals surface area contributed by atoms with Crippen molar-refractivity contribution in [3.8, 4) is 0 Å². The van der Waals surface area contributed by atoms with Gasteiger partial charge in [-0.05, 0) is 32.8 Å². The lowest BCUT2D eigenvalue weighted by Crippen LogP contribution is -2.37. The third kappa shape index (κ3) is 4.29. The van der Waals surface area contributed by atoms with Crippen LogP contribution in [0.1, 0.15) is 35.8 Å². The zero-order valence-electron chi connectivity index (χ0n) is 14.6. The molecule has 2 aromatic rings. The van der Waals surface area contributed by atoms with Crippen LogP contribution in [0, 0.1) is 13.8 Å². The van der Waals surface area contributed by atoms with Crippen LogP contribution in [0.4, 0.5) is 11.8 Å². The number of piperidine rings is 1. The molecule has 134 valence electrons. The molecule has 1 aliphatic rings. The summed E-state index contributed by atoms with van der Waals surface area (Å²) in [6, 6.07) is 1.91. The van der Waals surface area contributed by atoms with E-state index in [9.17, 15) is 8.42 Å². The fraction of sp³-hybridized carbons (Fsp3) is 0.500. The van der Waals surface area contributed by atoms with E-state index in [1.165, 1.54) is 10.6 Å². The van der Waals surface area contributed by atoms with Gasteiger partial charge in [-0.3, -0.25) is 4.98 Å². The van der Waals surface area contributed by atoms with E-state index in [-0.39, 0.29) is 5.92 Å². The van der Waals surface area contributed by atoms with Gasteiger partial charge < -0.3 is 5.32 Å². The number of anilines is 2. The molecule has 0 unspecified atom stereocenters. The van der Waals surface area contributed by atoms with Crippen LogP contribution in [0.5, 0.6) is 0 Å². The van der Waals surface area contributed by atoms with E-state index in [4.69, 9.17) is 0 Å². The maximum atomic E-state index is 11.7. The quantitative estimate of drug-likeness (QED) is 0.884. The lowest BCUT2D eigenvalue weighted by Gasteiger charge is -2.30. The number of nitrogens with zero attached hydrogens (tertiary/aromatic N) is 5. The molecule has 3 heterocycles. The van der Waals surface area contributed by atoms with Crippen LogP contribution >= 0.6 is 0 Å². The lowest BCUT2D eigenvalue weighted by molar-refractivity contribution is 0.319. The minimum absolute atomic E-state index is 0.153. The molecule has 1 aliphatic heterocycles. The van der Waals surface area contributed by atoms with Crippen LogP contribution in [-0.2, 0) is 10.0 Å². The van der Waals surface area contributed by atoms with Crippen molar-refractivity contribution in [1.82, 2.24) is 24.2 Å². The van der Waals surface area contributed by atoms with Gasteiger partial charge in [0.2, 0.25) is 16.0 Å². The highest BCUT2D eigenvalue weighted by molar-refractivity contribution is 7.88. The second-order valence-electron chi connectivity index (χ2n) is 6.33. The summed E-state index contributed by atoms with van der Waals surface area (Å²) >= 11 is 0. The Morgan fingerprint density at radius 1 is 1.08 bits per heavy atom. The number of hydrogen-bond acceptors (Lipinski definition) is 7. The number of rotatable bonds is 4. The van der Waals surface area contributed by atoms with E-state index in [1.54, 1.807) is 12.4 Å². The zero-order chi connectivity index (χ0) is 18.0. The second-order valence-corrected chi connectivity index (χ2v) is 8.31. The topological polar surface area (TPSA) is 101 Å². The third-order valence-corrected chi connectivity index (χ3v) is 5.55. The summed E-state index contributed by atoms with van der Waals surface area (Å²) in [5.74, 6) is 1.28. The largest absolute Gasteiger partial charge is 0.307 e. The first kappa shape index (κ1) is 17.7. The normalized spacial score (nSPS) is 16.8. The van der Waals surface area contributed by atoms with Crippen molar-refractivity contribution in [2.75, 3.05) is 24.7 Å². The van der Waals surface area contributed by atoms with E-state index >= 15 is 0 Å². The Balaban J connectivity index is 1.80. The SMILES string of the molecule is Cc1cc(C)nc(Nc2nccnc2C2CCN(S(C)(=O)=O)CC2)n1. The van der Waals surface area contributed by atoms with Crippen molar-refractivity contribution in [2.24, 2.45) is 0 Å². The van der Waals surface area contributed by atoms with Crippen LogP contribution in [0.2, 0.25) is 0 Å². The fourth-order valence-corrected chi connectivity index (χ4v) is 3.97. The van der Waals surface area contributed by atoms with Crippen LogP contribution in [0.15, 0.2) is 18.5 Å². The smallest absolute Gasteiger partial charge is 0.228 e. The van der Waals surface area contributed by atoms with Gasteiger partial charge in [-0.2, -0.15) is 0 Å². The van der Waals surface area contributed by atoms with E-state index in [0.717, 1.165) is 17.1 Å². The molecule has 9 heteroatoms. The van der Waals surface area contributed by atoms with Gasteiger partial charge in [-0.1, -0.05) is 0 Å². The Bertz CT molecular complexity index is 842. The van der Waals surface area contributed by atoms with Crippen molar-refractivity contribution >= 4 is 21.8 Å². The Hall–Kier alpha value is -2.13. The van der Waals surface area contributed by atoms with Crippen LogP contribution in [0.3, 0.4) is 0 Å². The Morgan fingerprint density at radius 3 is 2.28 bits per heavy atom. The fourth-order valence-electron chi connectivity index (χ4n) is 3.09. The predicted molar refractivity (Wildman–Crippen MR) is 95.2 cm³/mol. The number of nitrogens with one attached hydrogen (secondary N) is 1. The van der Waals surface area contributed by atoms with Crippen molar-refractivity contribution in [1.29, 1.82) is 0 Å². The number of aromatic nitrogens is 4. The van der Waals surface area contributed by atoms with Crippen LogP contribution < -0.4 is 5.32 Å². The maximum Gasteiger partial charge on any atom is 0.228 e. The second kappa shape index (κ2) is 7.01. The molecule has 1 fully saturated rings. The molecule has 1 saturated heterocycles. The van der Waals surface area contributed by atoms with E-state index in [0.29, 0.717) is 37.7 Å². The highest BCUT2D eigenvalue weighted by Gasteiger charge is 2.28. The van der Waals surface area contributed by atoms with Gasteiger partial charge in [-0.25, -0.2) is 27.7 Å². The molecule has 0 radical (unpaired) electrons. The summed E-state index contributed by atoms with van der Waals surface area (Å²) in [4.78, 5) is 17.6. The van der Waals surface area contributed by atoms with E-state index < -0.39 is 10.0 Å². The summed E-state index contributed by atoms with van der Waals surface area (Å²) in [5, 5.41) is 3.17. The van der Waals surface area contributed by atoms with E-state index in [1.807, 2.05) is 19.9 Å². The molecule has 0 bridgehead atoms. The summed E-state index contributed by atoms with van der Waals surface area (Å²) in [6.45, 7) is 4.83. The molecule has 3 rings (SSSR count). The van der Waals surface area contributed by atoms with Crippen molar-refractivity contribution < 1.29 is 8.42 Å². The van der Waals surface area contributed by atoms with Gasteiger partial charge in [0.25, 0.3) is 0 Å². The van der Waals surface area contributed by atoms with Crippen LogP contribution in [0.25, 0.3) is 0 Å². The molecule has 0 saturated carbocycles. The predicted octanol–water partition coefficient (Wildman–Crippen LogP) is 1.77. The van der Waals surface area contributed by atoms with Gasteiger partial charge in [0.15, 0.2) is 5.82 Å². The molecular formula is C16H22N6O2S. The Labute approximate surface area is 147 Å². The number of aryl methyl sites for hydroxylation is 2. The average Bonchev–Trinajstić information content (AvgIpc) is 2.54. The molecular weight excluding hydrogens is 340 g/mol. The first-order valence-corrected chi connectivity index (χ1v) is 10.0. The summed E-state index contributed by atoms with van der Waals surface area (Å²) in [7, 11) is -3.14. The van der Waals surface area contributed by atoms with Crippen molar-refractivity contribution in [3.05, 3.63) is 35.5 Å². The van der Waals surface area contributed by atoms with Crippen molar-refractivity contribution in [3.63, 3.8) is 0 Å². The van der Waals surface area contributed by atoms with Gasteiger partial charge in [0.1, 0.15) is 0 Å². The average molecular weight is 362 g/mol. The molecule has 8 nitrogen and oxygen atoms in total. The molecule has 0 atom stereocenters. The number of sulfonamides is 1. The third-order valence-electron chi connectivity index (χ3n) is 4.25. The minimum atomic E-state index is -3.14. The monoisotopic (exact) mass is 362 g/mol. The van der Waals surface area contributed by atoms with Gasteiger partial charge in [-0.15, -0.1) is 0 Å². The zero-order valence-corrected chi connectivity index (χ0v) is 15.4. The first-order valence-electron chi connectivity index (χ1n) is 8.18. The molecule has 1 N–H and O–H groups in total. The Kier molecular flexibility index (Phi) is 4.96. The van der Waals surface area contributed by atoms with E-state index in [2.05, 4.69) is 25.3 Å². The van der Waals surface area contributed by atoms with Crippen molar-refractivity contribution in [2.45, 2.75) is 32.6 Å². The minimum Gasteiger partial charge on any atom is -0.307 e. The molecule has 0 amide bonds. The lowest BCUT2D eigenvalue weighted by atomic mass is 9.94. The summed E-state index contributed by atoms with van der Waals surface area (Å²) in [6.07, 6.45) is 5.97. The summed E-state index contributed by atoms with van der Waals surface area (Å²) in [5.41, 5.74) is 2.59. The summed E-state index contributed by atoms with van der Waals surface area (Å²) < 4.78 is 24.9. The van der Waals surface area contributed by atoms with Crippen LogP contribution in [-0.4, -0.2) is 52.0 Å². The molecule has 0 aromatic carbocycles. The first-order chi connectivity index (χ1) is 11.8.